The minimum Gasteiger partial charge on any atom is -0.383 e. The first-order valence-corrected chi connectivity index (χ1v) is 2.12. The van der Waals surface area contributed by atoms with Crippen LogP contribution in [-0.2, 0) is 9.47 Å². The number of methoxy groups -OCH3 is 2. The standard InChI is InChI=1S/C4H10N2O2/c1-7-4(8-2)3(5)6/h4H,1-2H3,(H3,5,6). The van der Waals surface area contributed by atoms with E-state index in [0.29, 0.717) is 0 Å². The van der Waals surface area contributed by atoms with Crippen LogP contribution in [0.25, 0.3) is 0 Å². The minimum atomic E-state index is -0.685. The predicted molar refractivity (Wildman–Crippen MR) is 29.7 cm³/mol. The smallest absolute Gasteiger partial charge is 0.215 e. The lowest BCUT2D eigenvalue weighted by Crippen LogP contribution is -2.30. The van der Waals surface area contributed by atoms with Crippen molar-refractivity contribution in [2.45, 2.75) is 6.29 Å². The number of ether oxygens (including phenoxy) is 2. The van der Waals surface area contributed by atoms with Crippen molar-refractivity contribution < 1.29 is 9.47 Å². The summed E-state index contributed by atoms with van der Waals surface area (Å²) in [4.78, 5) is 0. The predicted octanol–water partition coefficient (Wildman–Crippen LogP) is -0.459. The van der Waals surface area contributed by atoms with Crippen molar-refractivity contribution >= 4 is 5.84 Å². The van der Waals surface area contributed by atoms with Crippen molar-refractivity contribution in [2.75, 3.05) is 14.2 Å². The Kier molecular flexibility index (Phi) is 3.14. The number of hydrogen-bond donors (Lipinski definition) is 2. The molecule has 0 saturated heterocycles. The van der Waals surface area contributed by atoms with Gasteiger partial charge in [0.1, 0.15) is 5.84 Å². The highest BCUT2D eigenvalue weighted by atomic mass is 16.7. The summed E-state index contributed by atoms with van der Waals surface area (Å²) in [5.41, 5.74) is 4.99. The summed E-state index contributed by atoms with van der Waals surface area (Å²) in [6, 6.07) is 0. The van der Waals surface area contributed by atoms with Gasteiger partial charge in [0, 0.05) is 14.2 Å². The highest BCUT2D eigenvalue weighted by Gasteiger charge is 2.05. The fourth-order valence-electron chi connectivity index (χ4n) is 0.350. The van der Waals surface area contributed by atoms with Crippen molar-refractivity contribution in [3.63, 3.8) is 0 Å². The number of nitrogens with two attached hydrogens (primary N) is 1. The van der Waals surface area contributed by atoms with Gasteiger partial charge in [-0.05, 0) is 0 Å². The summed E-state index contributed by atoms with van der Waals surface area (Å²) in [6.45, 7) is 0. The quantitative estimate of drug-likeness (QED) is 0.299. The molecule has 0 rings (SSSR count). The third-order valence-corrected chi connectivity index (χ3v) is 0.682. The topological polar surface area (TPSA) is 68.3 Å². The lowest BCUT2D eigenvalue weighted by Gasteiger charge is -2.09. The summed E-state index contributed by atoms with van der Waals surface area (Å²) >= 11 is 0. The summed E-state index contributed by atoms with van der Waals surface area (Å²) in [5.74, 6) is -0.116. The van der Waals surface area contributed by atoms with Crippen LogP contribution in [0.5, 0.6) is 0 Å². The van der Waals surface area contributed by atoms with Crippen molar-refractivity contribution in [3.05, 3.63) is 0 Å². The first-order chi connectivity index (χ1) is 3.72. The van der Waals surface area contributed by atoms with Gasteiger partial charge in [-0.3, -0.25) is 5.41 Å². The van der Waals surface area contributed by atoms with Crippen LogP contribution >= 0.6 is 0 Å². The SMILES string of the molecule is COC(OC)C(=N)N. The Hall–Kier alpha value is -0.610. The van der Waals surface area contributed by atoms with Gasteiger partial charge in [-0.25, -0.2) is 0 Å². The van der Waals surface area contributed by atoms with Crippen molar-refractivity contribution in [2.24, 2.45) is 5.73 Å². The Bertz CT molecular complexity index is 80.1. The van der Waals surface area contributed by atoms with Gasteiger partial charge < -0.3 is 15.2 Å². The van der Waals surface area contributed by atoms with E-state index >= 15 is 0 Å². The third-order valence-electron chi connectivity index (χ3n) is 0.682. The maximum Gasteiger partial charge on any atom is 0.215 e. The molecule has 0 aromatic carbocycles. The molecule has 0 unspecified atom stereocenters. The Balaban J connectivity index is 3.52. The first-order valence-electron chi connectivity index (χ1n) is 2.12. The molecule has 0 aliphatic heterocycles. The van der Waals surface area contributed by atoms with Crippen LogP contribution < -0.4 is 5.73 Å². The van der Waals surface area contributed by atoms with E-state index in [1.807, 2.05) is 0 Å². The highest BCUT2D eigenvalue weighted by Crippen LogP contribution is 1.86. The fourth-order valence-corrected chi connectivity index (χ4v) is 0.350. The van der Waals surface area contributed by atoms with Gasteiger partial charge in [-0.1, -0.05) is 0 Å². The van der Waals surface area contributed by atoms with E-state index in [0.717, 1.165) is 0 Å². The van der Waals surface area contributed by atoms with Crippen LogP contribution in [0, 0.1) is 5.41 Å². The molecule has 0 atom stereocenters. The highest BCUT2D eigenvalue weighted by molar-refractivity contribution is 5.80. The Labute approximate surface area is 48.1 Å². The summed E-state index contributed by atoms with van der Waals surface area (Å²) < 4.78 is 9.18. The maximum absolute atomic E-state index is 6.78. The molecule has 0 aromatic rings. The van der Waals surface area contributed by atoms with Crippen LogP contribution in [0.2, 0.25) is 0 Å². The van der Waals surface area contributed by atoms with Gasteiger partial charge in [-0.15, -0.1) is 0 Å². The zero-order chi connectivity index (χ0) is 6.57. The third kappa shape index (κ3) is 1.90. The summed E-state index contributed by atoms with van der Waals surface area (Å²) in [6.07, 6.45) is -0.685. The molecule has 0 aliphatic rings. The van der Waals surface area contributed by atoms with E-state index in [2.05, 4.69) is 9.47 Å². The number of amidine groups is 1. The van der Waals surface area contributed by atoms with E-state index in [1.165, 1.54) is 14.2 Å². The van der Waals surface area contributed by atoms with Gasteiger partial charge in [0.2, 0.25) is 6.29 Å². The molecule has 3 N–H and O–H groups in total. The zero-order valence-electron chi connectivity index (χ0n) is 4.97. The average Bonchev–Trinajstić information content (AvgIpc) is 1.69. The van der Waals surface area contributed by atoms with Crippen molar-refractivity contribution in [1.82, 2.24) is 0 Å². The second-order valence-corrected chi connectivity index (χ2v) is 1.26. The minimum absolute atomic E-state index is 0.116. The molecule has 0 spiro atoms. The monoisotopic (exact) mass is 118 g/mol. The molecule has 8 heavy (non-hydrogen) atoms. The molecule has 4 nitrogen and oxygen atoms in total. The molecule has 4 heteroatoms. The fraction of sp³-hybridized carbons (Fsp3) is 0.750. The van der Waals surface area contributed by atoms with Gasteiger partial charge >= 0.3 is 0 Å². The lowest BCUT2D eigenvalue weighted by molar-refractivity contribution is -0.0532. The molecule has 0 aliphatic carbocycles. The molecule has 0 bridgehead atoms. The number of nitrogens with one attached hydrogen (secondary N) is 1. The molecular weight excluding hydrogens is 108 g/mol. The molecule has 0 saturated carbocycles. The summed E-state index contributed by atoms with van der Waals surface area (Å²) in [5, 5.41) is 6.78. The van der Waals surface area contributed by atoms with Crippen molar-refractivity contribution in [1.29, 1.82) is 5.41 Å². The van der Waals surface area contributed by atoms with E-state index in [-0.39, 0.29) is 5.84 Å². The number of hydrogen-bond acceptors (Lipinski definition) is 3. The summed E-state index contributed by atoms with van der Waals surface area (Å²) in [7, 11) is 2.85. The second kappa shape index (κ2) is 3.40. The van der Waals surface area contributed by atoms with Crippen LogP contribution in [0.4, 0.5) is 0 Å². The van der Waals surface area contributed by atoms with Gasteiger partial charge in [-0.2, -0.15) is 0 Å². The Morgan fingerprint density at radius 2 is 1.88 bits per heavy atom. The largest absolute Gasteiger partial charge is 0.383 e. The van der Waals surface area contributed by atoms with Crippen molar-refractivity contribution in [3.8, 4) is 0 Å². The Morgan fingerprint density at radius 1 is 1.50 bits per heavy atom. The first kappa shape index (κ1) is 7.39. The van der Waals surface area contributed by atoms with Crippen LogP contribution in [0.3, 0.4) is 0 Å². The average molecular weight is 118 g/mol. The molecular formula is C4H10N2O2. The lowest BCUT2D eigenvalue weighted by atomic mass is 10.6. The molecule has 0 amide bonds. The zero-order valence-corrected chi connectivity index (χ0v) is 4.97. The molecule has 0 aromatic heterocycles. The normalized spacial score (nSPS) is 9.88. The van der Waals surface area contributed by atoms with Crippen LogP contribution in [0.1, 0.15) is 0 Å². The molecule has 0 fully saturated rings. The van der Waals surface area contributed by atoms with Crippen LogP contribution in [-0.4, -0.2) is 26.3 Å². The second-order valence-electron chi connectivity index (χ2n) is 1.26. The maximum atomic E-state index is 6.78. The van der Waals surface area contributed by atoms with Gasteiger partial charge in [0.05, 0.1) is 0 Å². The molecule has 0 radical (unpaired) electrons. The molecule has 0 heterocycles. The van der Waals surface area contributed by atoms with E-state index in [1.54, 1.807) is 0 Å². The van der Waals surface area contributed by atoms with Crippen LogP contribution in [0.15, 0.2) is 0 Å². The van der Waals surface area contributed by atoms with Gasteiger partial charge in [0.25, 0.3) is 0 Å². The Morgan fingerprint density at radius 3 is 1.88 bits per heavy atom. The van der Waals surface area contributed by atoms with Gasteiger partial charge in [0.15, 0.2) is 0 Å². The van der Waals surface area contributed by atoms with E-state index in [9.17, 15) is 0 Å². The molecule has 48 valence electrons. The van der Waals surface area contributed by atoms with E-state index in [4.69, 9.17) is 11.1 Å². The van der Waals surface area contributed by atoms with E-state index < -0.39 is 6.29 Å². The number of rotatable bonds is 3.